The maximum Gasteiger partial charge on any atom is 0.243 e. The van der Waals surface area contributed by atoms with Gasteiger partial charge in [0.1, 0.15) is 0 Å². The van der Waals surface area contributed by atoms with Crippen molar-refractivity contribution in [2.45, 2.75) is 32.1 Å². The molecule has 0 radical (unpaired) electrons. The molecular formula is C14H20N2O3S. The fourth-order valence-corrected chi connectivity index (χ4v) is 4.04. The number of rotatable bonds is 4. The normalized spacial score (nSPS) is 14.7. The molecule has 1 aliphatic heterocycles. The summed E-state index contributed by atoms with van der Waals surface area (Å²) in [7, 11) is -3.48. The van der Waals surface area contributed by atoms with Gasteiger partial charge < -0.3 is 4.90 Å². The van der Waals surface area contributed by atoms with Gasteiger partial charge >= 0.3 is 0 Å². The van der Waals surface area contributed by atoms with E-state index < -0.39 is 10.0 Å². The molecule has 0 bridgehead atoms. The number of fused-ring (bicyclic) bond motifs is 1. The minimum atomic E-state index is -3.48. The molecule has 2 rings (SSSR count). The molecule has 0 saturated heterocycles. The number of carbonyl (C=O) groups excluding carboxylic acids is 1. The Morgan fingerprint density at radius 3 is 2.50 bits per heavy atom. The van der Waals surface area contributed by atoms with Crippen LogP contribution in [0.15, 0.2) is 23.1 Å². The van der Waals surface area contributed by atoms with E-state index >= 15 is 0 Å². The first-order valence-corrected chi connectivity index (χ1v) is 8.27. The maximum atomic E-state index is 12.5. The molecule has 1 aliphatic rings. The quantitative estimate of drug-likeness (QED) is 0.848. The van der Waals surface area contributed by atoms with Gasteiger partial charge in [0.15, 0.2) is 0 Å². The largest absolute Gasteiger partial charge is 0.312 e. The summed E-state index contributed by atoms with van der Waals surface area (Å²) in [5, 5.41) is 0. The molecule has 0 unspecified atom stereocenters. The monoisotopic (exact) mass is 296 g/mol. The lowest BCUT2D eigenvalue weighted by atomic mass is 10.2. The molecule has 0 saturated carbocycles. The SMILES string of the molecule is CCN(CC)S(=O)(=O)c1ccc2c(c1)N(C(C)=O)CC2. The second-order valence-corrected chi connectivity index (χ2v) is 6.74. The maximum absolute atomic E-state index is 12.5. The Kier molecular flexibility index (Phi) is 4.15. The molecule has 0 fully saturated rings. The van der Waals surface area contributed by atoms with Gasteiger partial charge in [-0.3, -0.25) is 4.79 Å². The number of hydrogen-bond acceptors (Lipinski definition) is 3. The lowest BCUT2D eigenvalue weighted by Gasteiger charge is -2.20. The molecule has 1 heterocycles. The Balaban J connectivity index is 2.46. The first-order chi connectivity index (χ1) is 9.41. The first-order valence-electron chi connectivity index (χ1n) is 6.83. The summed E-state index contributed by atoms with van der Waals surface area (Å²) in [4.78, 5) is 13.5. The Labute approximate surface area is 120 Å². The van der Waals surface area contributed by atoms with Crippen LogP contribution in [0.3, 0.4) is 0 Å². The molecule has 0 aromatic heterocycles. The van der Waals surface area contributed by atoms with Crippen LogP contribution >= 0.6 is 0 Å². The second kappa shape index (κ2) is 5.54. The van der Waals surface area contributed by atoms with E-state index in [1.54, 1.807) is 17.0 Å². The van der Waals surface area contributed by atoms with Crippen molar-refractivity contribution in [3.63, 3.8) is 0 Å². The van der Waals surface area contributed by atoms with Gasteiger partial charge in [0.2, 0.25) is 15.9 Å². The zero-order valence-electron chi connectivity index (χ0n) is 12.1. The number of carbonyl (C=O) groups is 1. The third-order valence-corrected chi connectivity index (χ3v) is 5.72. The summed E-state index contributed by atoms with van der Waals surface area (Å²) in [6, 6.07) is 5.07. The van der Waals surface area contributed by atoms with Gasteiger partial charge in [-0.1, -0.05) is 19.9 Å². The molecule has 6 heteroatoms. The van der Waals surface area contributed by atoms with Crippen molar-refractivity contribution in [2.24, 2.45) is 0 Å². The molecular weight excluding hydrogens is 276 g/mol. The molecule has 1 amide bonds. The summed E-state index contributed by atoms with van der Waals surface area (Å²) in [5.41, 5.74) is 1.75. The van der Waals surface area contributed by atoms with Crippen molar-refractivity contribution in [1.29, 1.82) is 0 Å². The van der Waals surface area contributed by atoms with E-state index in [9.17, 15) is 13.2 Å². The summed E-state index contributed by atoms with van der Waals surface area (Å²) in [5.74, 6) is -0.0545. The topological polar surface area (TPSA) is 57.7 Å². The van der Waals surface area contributed by atoms with Crippen LogP contribution < -0.4 is 4.90 Å². The minimum Gasteiger partial charge on any atom is -0.312 e. The van der Waals surface area contributed by atoms with Crippen LogP contribution in [0.4, 0.5) is 5.69 Å². The highest BCUT2D eigenvalue weighted by Crippen LogP contribution is 2.31. The van der Waals surface area contributed by atoms with Crippen molar-refractivity contribution in [3.05, 3.63) is 23.8 Å². The fraction of sp³-hybridized carbons (Fsp3) is 0.500. The Morgan fingerprint density at radius 1 is 1.30 bits per heavy atom. The van der Waals surface area contributed by atoms with E-state index in [1.807, 2.05) is 19.9 Å². The van der Waals surface area contributed by atoms with E-state index in [1.165, 1.54) is 11.2 Å². The van der Waals surface area contributed by atoms with Crippen LogP contribution in [0.1, 0.15) is 26.3 Å². The van der Waals surface area contributed by atoms with Crippen molar-refractivity contribution in [1.82, 2.24) is 4.31 Å². The van der Waals surface area contributed by atoms with Crippen LogP contribution in [-0.2, 0) is 21.2 Å². The number of sulfonamides is 1. The number of benzene rings is 1. The zero-order valence-corrected chi connectivity index (χ0v) is 12.9. The Morgan fingerprint density at radius 2 is 1.95 bits per heavy atom. The lowest BCUT2D eigenvalue weighted by Crippen LogP contribution is -2.31. The summed E-state index contributed by atoms with van der Waals surface area (Å²) >= 11 is 0. The fourth-order valence-electron chi connectivity index (χ4n) is 2.56. The molecule has 1 aromatic carbocycles. The van der Waals surface area contributed by atoms with Gasteiger partial charge in [-0.2, -0.15) is 4.31 Å². The van der Waals surface area contributed by atoms with Gasteiger partial charge in [0.05, 0.1) is 4.90 Å². The highest BCUT2D eigenvalue weighted by molar-refractivity contribution is 7.89. The number of amides is 1. The highest BCUT2D eigenvalue weighted by atomic mass is 32.2. The van der Waals surface area contributed by atoms with Gasteiger partial charge in [0.25, 0.3) is 0 Å². The molecule has 20 heavy (non-hydrogen) atoms. The van der Waals surface area contributed by atoms with Gasteiger partial charge in [-0.15, -0.1) is 0 Å². The van der Waals surface area contributed by atoms with Gasteiger partial charge in [-0.05, 0) is 24.1 Å². The Bertz CT molecular complexity index is 621. The van der Waals surface area contributed by atoms with E-state index in [2.05, 4.69) is 0 Å². The van der Waals surface area contributed by atoms with Crippen molar-refractivity contribution in [2.75, 3.05) is 24.5 Å². The molecule has 110 valence electrons. The van der Waals surface area contributed by atoms with Gasteiger partial charge in [0, 0.05) is 32.2 Å². The van der Waals surface area contributed by atoms with Crippen molar-refractivity contribution in [3.8, 4) is 0 Å². The van der Waals surface area contributed by atoms with Crippen LogP contribution in [0.2, 0.25) is 0 Å². The average Bonchev–Trinajstić information content (AvgIpc) is 2.82. The number of anilines is 1. The minimum absolute atomic E-state index is 0.0545. The van der Waals surface area contributed by atoms with E-state index in [0.717, 1.165) is 17.7 Å². The van der Waals surface area contributed by atoms with Crippen molar-refractivity contribution >= 4 is 21.6 Å². The highest BCUT2D eigenvalue weighted by Gasteiger charge is 2.27. The first kappa shape index (κ1) is 15.0. The molecule has 0 N–H and O–H groups in total. The molecule has 0 spiro atoms. The summed E-state index contributed by atoms with van der Waals surface area (Å²) in [6.45, 7) is 6.63. The molecule has 0 aliphatic carbocycles. The third-order valence-electron chi connectivity index (χ3n) is 3.68. The predicted molar refractivity (Wildman–Crippen MR) is 78.3 cm³/mol. The van der Waals surface area contributed by atoms with Crippen molar-refractivity contribution < 1.29 is 13.2 Å². The third kappa shape index (κ3) is 2.45. The van der Waals surface area contributed by atoms with Crippen LogP contribution in [-0.4, -0.2) is 38.3 Å². The van der Waals surface area contributed by atoms with E-state index in [0.29, 0.717) is 19.6 Å². The smallest absolute Gasteiger partial charge is 0.243 e. The standard InChI is InChI=1S/C14H20N2O3S/c1-4-15(5-2)20(18,19)13-7-6-12-8-9-16(11(3)17)14(12)10-13/h6-7,10H,4-5,8-9H2,1-3H3. The van der Waals surface area contributed by atoms with Gasteiger partial charge in [-0.25, -0.2) is 8.42 Å². The summed E-state index contributed by atoms with van der Waals surface area (Å²) in [6.07, 6.45) is 0.778. The van der Waals surface area contributed by atoms with E-state index in [4.69, 9.17) is 0 Å². The van der Waals surface area contributed by atoms with E-state index in [-0.39, 0.29) is 10.8 Å². The molecule has 0 atom stereocenters. The summed E-state index contributed by atoms with van der Waals surface area (Å²) < 4.78 is 26.4. The van der Waals surface area contributed by atoms with Crippen LogP contribution in [0.5, 0.6) is 0 Å². The van der Waals surface area contributed by atoms with Crippen LogP contribution in [0.25, 0.3) is 0 Å². The predicted octanol–water partition coefficient (Wildman–Crippen LogP) is 1.63. The molecule has 1 aromatic rings. The number of nitrogens with zero attached hydrogens (tertiary/aromatic N) is 2. The number of hydrogen-bond donors (Lipinski definition) is 0. The second-order valence-electron chi connectivity index (χ2n) is 4.80. The Hall–Kier alpha value is -1.40. The zero-order chi connectivity index (χ0) is 14.9. The average molecular weight is 296 g/mol. The van der Waals surface area contributed by atoms with Crippen LogP contribution in [0, 0.1) is 0 Å². The lowest BCUT2D eigenvalue weighted by molar-refractivity contribution is -0.116. The molecule has 5 nitrogen and oxygen atoms in total.